The maximum absolute atomic E-state index is 13.2. The third kappa shape index (κ3) is 3.84. The molecular weight excluding hydrogens is 357 g/mol. The fraction of sp³-hybridized carbons (Fsp3) is 0.533. The molecule has 136 valence electrons. The average Bonchev–Trinajstić information content (AvgIpc) is 3.18. The first-order valence-electron chi connectivity index (χ1n) is 7.89. The summed E-state index contributed by atoms with van der Waals surface area (Å²) in [5.74, 6) is -0.421. The van der Waals surface area contributed by atoms with Crippen molar-refractivity contribution in [2.75, 3.05) is 13.2 Å². The number of nitrogens with zero attached hydrogens (tertiary/aromatic N) is 3. The molecule has 10 heteroatoms. The number of halogens is 3. The first-order chi connectivity index (χ1) is 11.9. The van der Waals surface area contributed by atoms with Gasteiger partial charge in [-0.1, -0.05) is 0 Å². The predicted molar refractivity (Wildman–Crippen MR) is 84.5 cm³/mol. The van der Waals surface area contributed by atoms with E-state index in [9.17, 15) is 18.0 Å². The zero-order valence-electron chi connectivity index (χ0n) is 13.3. The highest BCUT2D eigenvalue weighted by atomic mass is 32.1. The van der Waals surface area contributed by atoms with E-state index < -0.39 is 17.8 Å². The van der Waals surface area contributed by atoms with Crippen molar-refractivity contribution in [2.45, 2.75) is 38.4 Å². The van der Waals surface area contributed by atoms with Crippen LogP contribution in [0.15, 0.2) is 5.38 Å². The van der Waals surface area contributed by atoms with Crippen LogP contribution in [0.2, 0.25) is 0 Å². The molecule has 1 aliphatic rings. The van der Waals surface area contributed by atoms with E-state index >= 15 is 0 Å². The van der Waals surface area contributed by atoms with E-state index in [1.807, 2.05) is 0 Å². The number of hydrogen-bond donors (Lipinski definition) is 2. The molecular formula is C15H17F3N4O2S. The molecule has 2 heterocycles. The van der Waals surface area contributed by atoms with Crippen molar-refractivity contribution in [2.24, 2.45) is 0 Å². The number of hydrogen-bond acceptors (Lipinski definition) is 5. The number of alkyl halides is 3. The number of aliphatic hydroxyl groups excluding tert-OH is 1. The Balaban J connectivity index is 1.83. The summed E-state index contributed by atoms with van der Waals surface area (Å²) >= 11 is 1.20. The summed E-state index contributed by atoms with van der Waals surface area (Å²) < 4.78 is 40.9. The normalized spacial score (nSPS) is 14.4. The highest BCUT2D eigenvalue weighted by Gasteiger charge is 2.39. The number of fused-ring (bicyclic) bond motifs is 1. The number of amides is 1. The smallest absolute Gasteiger partial charge is 0.395 e. The summed E-state index contributed by atoms with van der Waals surface area (Å²) in [6.45, 7) is 0.0477. The van der Waals surface area contributed by atoms with Crippen LogP contribution in [-0.4, -0.2) is 38.9 Å². The molecule has 0 radical (unpaired) electrons. The van der Waals surface area contributed by atoms with E-state index in [0.717, 1.165) is 12.8 Å². The van der Waals surface area contributed by atoms with Gasteiger partial charge in [-0.15, -0.1) is 11.3 Å². The summed E-state index contributed by atoms with van der Waals surface area (Å²) in [5, 5.41) is 17.0. The quantitative estimate of drug-likeness (QED) is 0.839. The Morgan fingerprint density at radius 2 is 2.12 bits per heavy atom. The van der Waals surface area contributed by atoms with Gasteiger partial charge in [0, 0.05) is 23.2 Å². The number of aromatic nitrogens is 3. The second-order valence-electron chi connectivity index (χ2n) is 5.74. The van der Waals surface area contributed by atoms with Gasteiger partial charge in [0.1, 0.15) is 10.7 Å². The maximum atomic E-state index is 13.2. The minimum atomic E-state index is -4.47. The highest BCUT2D eigenvalue weighted by molar-refractivity contribution is 7.09. The van der Waals surface area contributed by atoms with Crippen molar-refractivity contribution in [1.82, 2.24) is 20.1 Å². The largest absolute Gasteiger partial charge is 0.435 e. The van der Waals surface area contributed by atoms with E-state index in [4.69, 9.17) is 5.11 Å². The molecule has 0 spiro atoms. The first-order valence-corrected chi connectivity index (χ1v) is 8.77. The van der Waals surface area contributed by atoms with Crippen LogP contribution in [0.1, 0.15) is 45.3 Å². The van der Waals surface area contributed by atoms with Crippen LogP contribution in [0, 0.1) is 0 Å². The Kier molecular flexibility index (Phi) is 5.09. The molecule has 25 heavy (non-hydrogen) atoms. The van der Waals surface area contributed by atoms with Crippen molar-refractivity contribution in [3.63, 3.8) is 0 Å². The van der Waals surface area contributed by atoms with Gasteiger partial charge in [-0.2, -0.15) is 18.3 Å². The van der Waals surface area contributed by atoms with Gasteiger partial charge >= 0.3 is 6.18 Å². The number of rotatable bonds is 5. The van der Waals surface area contributed by atoms with Crippen LogP contribution in [-0.2, 0) is 25.6 Å². The maximum Gasteiger partial charge on any atom is 0.435 e. The van der Waals surface area contributed by atoms with E-state index in [-0.39, 0.29) is 31.0 Å². The zero-order valence-corrected chi connectivity index (χ0v) is 14.1. The van der Waals surface area contributed by atoms with Gasteiger partial charge in [-0.05, 0) is 25.7 Å². The predicted octanol–water partition coefficient (Wildman–Crippen LogP) is 2.01. The second kappa shape index (κ2) is 7.12. The minimum absolute atomic E-state index is 0.107. The molecule has 2 aromatic heterocycles. The molecule has 0 atom stereocenters. The van der Waals surface area contributed by atoms with Gasteiger partial charge in [-0.25, -0.2) is 4.98 Å². The molecule has 0 fully saturated rings. The lowest BCUT2D eigenvalue weighted by Gasteiger charge is -2.14. The van der Waals surface area contributed by atoms with Gasteiger partial charge in [-0.3, -0.25) is 9.48 Å². The molecule has 0 saturated heterocycles. The fourth-order valence-corrected chi connectivity index (χ4v) is 3.66. The van der Waals surface area contributed by atoms with Crippen LogP contribution >= 0.6 is 11.3 Å². The molecule has 0 aromatic carbocycles. The van der Waals surface area contributed by atoms with Crippen molar-refractivity contribution in [3.05, 3.63) is 33.0 Å². The van der Waals surface area contributed by atoms with Crippen LogP contribution in [0.25, 0.3) is 0 Å². The Morgan fingerprint density at radius 1 is 1.36 bits per heavy atom. The lowest BCUT2D eigenvalue weighted by Crippen LogP contribution is -2.26. The fourth-order valence-electron chi connectivity index (χ4n) is 2.91. The molecule has 0 unspecified atom stereocenters. The molecule has 0 saturated carbocycles. The van der Waals surface area contributed by atoms with Crippen molar-refractivity contribution < 1.29 is 23.1 Å². The summed E-state index contributed by atoms with van der Waals surface area (Å²) in [6, 6.07) is 0. The van der Waals surface area contributed by atoms with Crippen molar-refractivity contribution in [1.29, 1.82) is 0 Å². The van der Waals surface area contributed by atoms with E-state index in [0.29, 0.717) is 23.5 Å². The first kappa shape index (κ1) is 17.9. The molecule has 1 aliphatic carbocycles. The Hall–Kier alpha value is -1.94. The van der Waals surface area contributed by atoms with Gasteiger partial charge < -0.3 is 10.4 Å². The van der Waals surface area contributed by atoms with Crippen molar-refractivity contribution in [3.8, 4) is 0 Å². The van der Waals surface area contributed by atoms with Crippen molar-refractivity contribution >= 4 is 17.2 Å². The molecule has 1 amide bonds. The topological polar surface area (TPSA) is 80.0 Å². The number of nitrogens with one attached hydrogen (secondary N) is 1. The van der Waals surface area contributed by atoms with E-state index in [1.165, 1.54) is 16.0 Å². The zero-order chi connectivity index (χ0) is 18.0. The van der Waals surface area contributed by atoms with Gasteiger partial charge in [0.2, 0.25) is 0 Å². The van der Waals surface area contributed by atoms with Gasteiger partial charge in [0.15, 0.2) is 5.69 Å². The molecule has 3 rings (SSSR count). The number of aliphatic hydroxyl groups is 1. The Bertz CT molecular complexity index is 769. The van der Waals surface area contributed by atoms with Crippen LogP contribution in [0.5, 0.6) is 0 Å². The number of thiazole rings is 1. The minimum Gasteiger partial charge on any atom is -0.395 e. The van der Waals surface area contributed by atoms with E-state index in [2.05, 4.69) is 15.4 Å². The summed E-state index contributed by atoms with van der Waals surface area (Å²) in [7, 11) is 0. The molecule has 2 N–H and O–H groups in total. The summed E-state index contributed by atoms with van der Waals surface area (Å²) in [4.78, 5) is 15.9. The van der Waals surface area contributed by atoms with E-state index in [1.54, 1.807) is 5.38 Å². The third-order valence-corrected chi connectivity index (χ3v) is 4.83. The second-order valence-corrected chi connectivity index (χ2v) is 6.69. The molecule has 6 nitrogen and oxygen atoms in total. The standard InChI is InChI=1S/C15H17F3N4O2S/c16-15(17,18)13-9-3-1-2-4-11(9)22(21-13)7-12-20-10(8-25-12)14(24)19-5-6-23/h8,23H,1-7H2,(H,19,24). The van der Waals surface area contributed by atoms with Crippen LogP contribution in [0.3, 0.4) is 0 Å². The highest BCUT2D eigenvalue weighted by Crippen LogP contribution is 2.36. The SMILES string of the molecule is O=C(NCCO)c1csc(Cn2nc(C(F)(F)F)c3c2CCCC3)n1. The lowest BCUT2D eigenvalue weighted by molar-refractivity contribution is -0.142. The molecule has 0 aliphatic heterocycles. The summed E-state index contributed by atoms with van der Waals surface area (Å²) in [5.41, 5.74) is 0.279. The number of carbonyl (C=O) groups excluding carboxylic acids is 1. The Morgan fingerprint density at radius 3 is 2.84 bits per heavy atom. The third-order valence-electron chi connectivity index (χ3n) is 3.99. The van der Waals surface area contributed by atoms with Gasteiger partial charge in [0.05, 0.1) is 13.2 Å². The van der Waals surface area contributed by atoms with Crippen LogP contribution in [0.4, 0.5) is 13.2 Å². The van der Waals surface area contributed by atoms with Gasteiger partial charge in [0.25, 0.3) is 5.91 Å². The molecule has 0 bridgehead atoms. The summed E-state index contributed by atoms with van der Waals surface area (Å²) in [6.07, 6.45) is -1.95. The monoisotopic (exact) mass is 374 g/mol. The molecule has 2 aromatic rings. The lowest BCUT2D eigenvalue weighted by atomic mass is 9.95. The average molecular weight is 374 g/mol. The number of carbonyl (C=O) groups is 1. The Labute approximate surface area is 145 Å². The van der Waals surface area contributed by atoms with Crippen LogP contribution < -0.4 is 5.32 Å².